The van der Waals surface area contributed by atoms with E-state index in [4.69, 9.17) is 0 Å². The van der Waals surface area contributed by atoms with E-state index in [1.807, 2.05) is 25.1 Å². The summed E-state index contributed by atoms with van der Waals surface area (Å²) in [6, 6.07) is 8.08. The van der Waals surface area contributed by atoms with Crippen LogP contribution in [0.5, 0.6) is 0 Å². The van der Waals surface area contributed by atoms with Gasteiger partial charge in [-0.05, 0) is 37.1 Å². The summed E-state index contributed by atoms with van der Waals surface area (Å²) in [5.41, 5.74) is 2.38. The Morgan fingerprint density at radius 3 is 2.71 bits per heavy atom. The van der Waals surface area contributed by atoms with Gasteiger partial charge in [0.15, 0.2) is 0 Å². The first-order chi connectivity index (χ1) is 10.1. The maximum atomic E-state index is 12.6. The molecular formula is C15H25N3O2S. The Kier molecular flexibility index (Phi) is 5.75. The first kappa shape index (κ1) is 16.4. The molecular weight excluding hydrogens is 286 g/mol. The molecule has 0 atom stereocenters. The quantitative estimate of drug-likeness (QED) is 0.771. The SMILES string of the molecule is CCNCCCN(C)S(=O)(=O)N1CCc2ccccc2C1. The third-order valence-electron chi connectivity index (χ3n) is 3.89. The van der Waals surface area contributed by atoms with Gasteiger partial charge in [-0.2, -0.15) is 17.0 Å². The van der Waals surface area contributed by atoms with Gasteiger partial charge in [-0.15, -0.1) is 0 Å². The second-order valence-electron chi connectivity index (χ2n) is 5.39. The Bertz CT molecular complexity index is 560. The molecule has 0 radical (unpaired) electrons. The molecule has 1 aromatic rings. The Morgan fingerprint density at radius 2 is 2.00 bits per heavy atom. The van der Waals surface area contributed by atoms with E-state index < -0.39 is 10.2 Å². The van der Waals surface area contributed by atoms with E-state index >= 15 is 0 Å². The Labute approximate surface area is 128 Å². The lowest BCUT2D eigenvalue weighted by atomic mass is 10.0. The fourth-order valence-corrected chi connectivity index (χ4v) is 3.96. The van der Waals surface area contributed by atoms with Crippen molar-refractivity contribution in [1.82, 2.24) is 13.9 Å². The van der Waals surface area contributed by atoms with Gasteiger partial charge in [0, 0.05) is 26.7 Å². The first-order valence-electron chi connectivity index (χ1n) is 7.54. The van der Waals surface area contributed by atoms with Crippen molar-refractivity contribution in [3.8, 4) is 0 Å². The van der Waals surface area contributed by atoms with E-state index in [0.717, 1.165) is 31.5 Å². The van der Waals surface area contributed by atoms with Gasteiger partial charge in [0.1, 0.15) is 0 Å². The molecule has 21 heavy (non-hydrogen) atoms. The van der Waals surface area contributed by atoms with Crippen LogP contribution in [0.4, 0.5) is 0 Å². The third kappa shape index (κ3) is 4.03. The highest BCUT2D eigenvalue weighted by Gasteiger charge is 2.29. The topological polar surface area (TPSA) is 52.7 Å². The van der Waals surface area contributed by atoms with Crippen LogP contribution in [0.15, 0.2) is 24.3 Å². The van der Waals surface area contributed by atoms with E-state index in [9.17, 15) is 8.42 Å². The Morgan fingerprint density at radius 1 is 1.29 bits per heavy atom. The van der Waals surface area contributed by atoms with Crippen LogP contribution in [0, 0.1) is 0 Å². The third-order valence-corrected chi connectivity index (χ3v) is 5.83. The molecule has 0 aromatic heterocycles. The van der Waals surface area contributed by atoms with Crippen molar-refractivity contribution in [3.05, 3.63) is 35.4 Å². The maximum Gasteiger partial charge on any atom is 0.282 e. The standard InChI is InChI=1S/C15H25N3O2S/c1-3-16-10-6-11-17(2)21(19,20)18-12-9-14-7-4-5-8-15(14)13-18/h4-5,7-8,16H,3,6,9-13H2,1-2H3. The molecule has 0 amide bonds. The molecule has 1 N–H and O–H groups in total. The summed E-state index contributed by atoms with van der Waals surface area (Å²) in [4.78, 5) is 0. The van der Waals surface area contributed by atoms with Gasteiger partial charge in [0.25, 0.3) is 10.2 Å². The van der Waals surface area contributed by atoms with Crippen LogP contribution < -0.4 is 5.32 Å². The van der Waals surface area contributed by atoms with Crippen molar-refractivity contribution in [1.29, 1.82) is 0 Å². The zero-order chi connectivity index (χ0) is 15.3. The average molecular weight is 311 g/mol. The van der Waals surface area contributed by atoms with Gasteiger partial charge >= 0.3 is 0 Å². The van der Waals surface area contributed by atoms with E-state index in [0.29, 0.717) is 19.6 Å². The van der Waals surface area contributed by atoms with Gasteiger partial charge in [-0.25, -0.2) is 0 Å². The van der Waals surface area contributed by atoms with Crippen LogP contribution in [0.3, 0.4) is 0 Å². The highest BCUT2D eigenvalue weighted by Crippen LogP contribution is 2.22. The summed E-state index contributed by atoms with van der Waals surface area (Å²) in [5, 5.41) is 3.21. The smallest absolute Gasteiger partial charge is 0.282 e. The predicted molar refractivity (Wildman–Crippen MR) is 85.3 cm³/mol. The minimum absolute atomic E-state index is 0.482. The molecule has 1 aromatic carbocycles. The molecule has 0 aliphatic carbocycles. The minimum atomic E-state index is -3.35. The van der Waals surface area contributed by atoms with Crippen molar-refractivity contribution in [2.24, 2.45) is 0 Å². The van der Waals surface area contributed by atoms with Crippen molar-refractivity contribution >= 4 is 10.2 Å². The van der Waals surface area contributed by atoms with Gasteiger partial charge in [-0.3, -0.25) is 0 Å². The monoisotopic (exact) mass is 311 g/mol. The molecule has 0 spiro atoms. The van der Waals surface area contributed by atoms with Crippen LogP contribution >= 0.6 is 0 Å². The summed E-state index contributed by atoms with van der Waals surface area (Å²) in [7, 11) is -1.68. The summed E-state index contributed by atoms with van der Waals surface area (Å²) in [5.74, 6) is 0. The largest absolute Gasteiger partial charge is 0.317 e. The average Bonchev–Trinajstić information content (AvgIpc) is 2.50. The van der Waals surface area contributed by atoms with E-state index in [1.54, 1.807) is 11.4 Å². The maximum absolute atomic E-state index is 12.6. The molecule has 1 aliphatic rings. The van der Waals surface area contributed by atoms with Crippen molar-refractivity contribution in [3.63, 3.8) is 0 Å². The van der Waals surface area contributed by atoms with Gasteiger partial charge < -0.3 is 5.32 Å². The molecule has 2 rings (SSSR count). The number of nitrogens with one attached hydrogen (secondary N) is 1. The van der Waals surface area contributed by atoms with Crippen LogP contribution in [-0.4, -0.2) is 50.3 Å². The summed E-state index contributed by atoms with van der Waals surface area (Å²) in [6.07, 6.45) is 1.62. The number of hydrogen-bond donors (Lipinski definition) is 1. The molecule has 0 unspecified atom stereocenters. The molecule has 0 saturated heterocycles. The molecule has 118 valence electrons. The van der Waals surface area contributed by atoms with E-state index in [1.165, 1.54) is 9.87 Å². The number of nitrogens with zero attached hydrogens (tertiary/aromatic N) is 2. The molecule has 0 saturated carbocycles. The molecule has 0 bridgehead atoms. The van der Waals surface area contributed by atoms with Crippen LogP contribution in [-0.2, 0) is 23.2 Å². The number of rotatable bonds is 7. The fourth-order valence-electron chi connectivity index (χ4n) is 2.58. The van der Waals surface area contributed by atoms with Crippen LogP contribution in [0.2, 0.25) is 0 Å². The van der Waals surface area contributed by atoms with Gasteiger partial charge in [0.2, 0.25) is 0 Å². The first-order valence-corrected chi connectivity index (χ1v) is 8.94. The molecule has 1 heterocycles. The zero-order valence-electron chi connectivity index (χ0n) is 12.9. The molecule has 6 heteroatoms. The summed E-state index contributed by atoms with van der Waals surface area (Å²) in [6.45, 7) is 5.41. The lowest BCUT2D eigenvalue weighted by Crippen LogP contribution is -2.44. The van der Waals surface area contributed by atoms with E-state index in [-0.39, 0.29) is 0 Å². The zero-order valence-corrected chi connectivity index (χ0v) is 13.7. The van der Waals surface area contributed by atoms with Crippen molar-refractivity contribution in [2.75, 3.05) is 33.2 Å². The number of benzene rings is 1. The summed E-state index contributed by atoms with van der Waals surface area (Å²) >= 11 is 0. The lowest BCUT2D eigenvalue weighted by molar-refractivity contribution is 0.342. The normalized spacial score (nSPS) is 16.1. The minimum Gasteiger partial charge on any atom is -0.317 e. The van der Waals surface area contributed by atoms with Gasteiger partial charge in [0.05, 0.1) is 0 Å². The van der Waals surface area contributed by atoms with Gasteiger partial charge in [-0.1, -0.05) is 31.2 Å². The van der Waals surface area contributed by atoms with Crippen LogP contribution in [0.1, 0.15) is 24.5 Å². The number of hydrogen-bond acceptors (Lipinski definition) is 3. The molecule has 5 nitrogen and oxygen atoms in total. The second-order valence-corrected chi connectivity index (χ2v) is 7.42. The molecule has 1 aliphatic heterocycles. The number of fused-ring (bicyclic) bond motifs is 1. The predicted octanol–water partition coefficient (Wildman–Crippen LogP) is 1.22. The Balaban J connectivity index is 1.97. The fraction of sp³-hybridized carbons (Fsp3) is 0.600. The van der Waals surface area contributed by atoms with Crippen molar-refractivity contribution < 1.29 is 8.42 Å². The van der Waals surface area contributed by atoms with Crippen LogP contribution in [0.25, 0.3) is 0 Å². The van der Waals surface area contributed by atoms with Crippen molar-refractivity contribution in [2.45, 2.75) is 26.3 Å². The highest BCUT2D eigenvalue weighted by molar-refractivity contribution is 7.86. The second kappa shape index (κ2) is 7.35. The highest BCUT2D eigenvalue weighted by atomic mass is 32.2. The Hall–Kier alpha value is -0.950. The summed E-state index contributed by atoms with van der Waals surface area (Å²) < 4.78 is 28.2. The molecule has 0 fully saturated rings. The van der Waals surface area contributed by atoms with E-state index in [2.05, 4.69) is 11.4 Å². The lowest BCUT2D eigenvalue weighted by Gasteiger charge is -2.31.